The van der Waals surface area contributed by atoms with Crippen molar-refractivity contribution < 1.29 is 27.1 Å². The van der Waals surface area contributed by atoms with Gasteiger partial charge in [0.15, 0.2) is 5.78 Å². The molecule has 2 aromatic carbocycles. The molecule has 8 heteroatoms. The van der Waals surface area contributed by atoms with Crippen LogP contribution in [-0.4, -0.2) is 26.8 Å². The average Bonchev–Trinajstić information content (AvgIpc) is 2.53. The van der Waals surface area contributed by atoms with Crippen LogP contribution in [0.15, 0.2) is 53.4 Å². The molecule has 1 N–H and O–H groups in total. The van der Waals surface area contributed by atoms with Gasteiger partial charge in [-0.2, -0.15) is 0 Å². The van der Waals surface area contributed by atoms with Crippen LogP contribution in [0.1, 0.15) is 17.3 Å². The van der Waals surface area contributed by atoms with Gasteiger partial charge in [-0.15, -0.1) is 0 Å². The van der Waals surface area contributed by atoms with E-state index in [0.29, 0.717) is 0 Å². The molecule has 0 aliphatic heterocycles. The number of hydrogen-bond donors (Lipinski definition) is 1. The number of benzene rings is 2. The fraction of sp³-hybridized carbons (Fsp3) is 0.125. The van der Waals surface area contributed by atoms with Crippen LogP contribution in [0.5, 0.6) is 0 Å². The van der Waals surface area contributed by atoms with Crippen LogP contribution >= 0.6 is 0 Å². The van der Waals surface area contributed by atoms with Crippen molar-refractivity contribution in [3.63, 3.8) is 0 Å². The topological polar surface area (TPSA) is 89.5 Å². The molecule has 0 saturated carbocycles. The van der Waals surface area contributed by atoms with Crippen molar-refractivity contribution in [2.75, 3.05) is 11.3 Å². The minimum Gasteiger partial charge on any atom is -0.454 e. The Hall–Kier alpha value is -2.74. The number of para-hydroxylation sites is 1. The van der Waals surface area contributed by atoms with E-state index in [1.54, 1.807) is 0 Å². The molecule has 0 radical (unpaired) electrons. The number of esters is 1. The Morgan fingerprint density at radius 1 is 1.08 bits per heavy atom. The molecule has 0 aromatic heterocycles. The van der Waals surface area contributed by atoms with Gasteiger partial charge in [-0.25, -0.2) is 17.6 Å². The number of carbonyl (C=O) groups excluding carboxylic acids is 2. The number of halogens is 1. The van der Waals surface area contributed by atoms with Gasteiger partial charge in [0.05, 0.1) is 16.1 Å². The van der Waals surface area contributed by atoms with Gasteiger partial charge in [0.2, 0.25) is 0 Å². The van der Waals surface area contributed by atoms with E-state index in [4.69, 9.17) is 4.74 Å². The summed E-state index contributed by atoms with van der Waals surface area (Å²) in [5.74, 6) is -1.74. The number of anilines is 1. The van der Waals surface area contributed by atoms with Crippen molar-refractivity contribution in [2.24, 2.45) is 0 Å². The van der Waals surface area contributed by atoms with Crippen LogP contribution < -0.4 is 4.72 Å². The summed E-state index contributed by atoms with van der Waals surface area (Å²) < 4.78 is 44.6. The Morgan fingerprint density at radius 3 is 2.33 bits per heavy atom. The highest BCUT2D eigenvalue weighted by Crippen LogP contribution is 2.21. The summed E-state index contributed by atoms with van der Waals surface area (Å²) in [6, 6.07) is 10.0. The molecule has 0 unspecified atom stereocenters. The Labute approximate surface area is 138 Å². The van der Waals surface area contributed by atoms with Crippen LogP contribution in [0.4, 0.5) is 10.1 Å². The quantitative estimate of drug-likeness (QED) is 0.807. The normalized spacial score (nSPS) is 10.9. The first-order chi connectivity index (χ1) is 11.3. The zero-order valence-electron chi connectivity index (χ0n) is 12.7. The molecule has 2 aromatic rings. The van der Waals surface area contributed by atoms with Crippen LogP contribution in [0, 0.1) is 5.82 Å². The molecule has 0 spiro atoms. The molecule has 0 aliphatic rings. The molecule has 0 amide bonds. The van der Waals surface area contributed by atoms with E-state index in [2.05, 4.69) is 4.72 Å². The number of carbonyl (C=O) groups is 2. The van der Waals surface area contributed by atoms with Crippen molar-refractivity contribution in [1.29, 1.82) is 0 Å². The highest BCUT2D eigenvalue weighted by molar-refractivity contribution is 7.92. The standard InChI is InChI=1S/C16H14FNO5S/c1-11(19)10-23-16(20)14-4-2-3-5-15(14)18-24(21,22)13-8-6-12(17)7-9-13/h2-9,18H,10H2,1H3. The van der Waals surface area contributed by atoms with E-state index in [0.717, 1.165) is 24.3 Å². The number of ether oxygens (including phenoxy) is 1. The average molecular weight is 351 g/mol. The Balaban J connectivity index is 2.28. The number of ketones is 1. The predicted molar refractivity (Wildman–Crippen MR) is 84.6 cm³/mol. The lowest BCUT2D eigenvalue weighted by Gasteiger charge is -2.12. The fourth-order valence-corrected chi connectivity index (χ4v) is 2.89. The number of sulfonamides is 1. The first kappa shape index (κ1) is 17.6. The number of nitrogens with one attached hydrogen (secondary N) is 1. The molecule has 0 heterocycles. The maximum Gasteiger partial charge on any atom is 0.340 e. The van der Waals surface area contributed by atoms with Crippen LogP contribution in [0.3, 0.4) is 0 Å². The largest absolute Gasteiger partial charge is 0.454 e. The molecule has 126 valence electrons. The first-order valence-corrected chi connectivity index (χ1v) is 8.32. The lowest BCUT2D eigenvalue weighted by Crippen LogP contribution is -2.17. The highest BCUT2D eigenvalue weighted by Gasteiger charge is 2.19. The maximum absolute atomic E-state index is 12.9. The molecule has 2 rings (SSSR count). The molecule has 0 saturated heterocycles. The lowest BCUT2D eigenvalue weighted by atomic mass is 10.2. The van der Waals surface area contributed by atoms with E-state index in [1.165, 1.54) is 31.2 Å². The van der Waals surface area contributed by atoms with Gasteiger partial charge < -0.3 is 4.74 Å². The summed E-state index contributed by atoms with van der Waals surface area (Å²) >= 11 is 0. The molecule has 6 nitrogen and oxygen atoms in total. The molecule has 0 atom stereocenters. The lowest BCUT2D eigenvalue weighted by molar-refractivity contribution is -0.120. The third-order valence-corrected chi connectivity index (χ3v) is 4.30. The summed E-state index contributed by atoms with van der Waals surface area (Å²) in [7, 11) is -4.01. The minimum absolute atomic E-state index is 0.00428. The van der Waals surface area contributed by atoms with Gasteiger partial charge >= 0.3 is 5.97 Å². The van der Waals surface area contributed by atoms with Crippen LogP contribution in [-0.2, 0) is 19.6 Å². The number of rotatable bonds is 6. The van der Waals surface area contributed by atoms with E-state index in [9.17, 15) is 22.4 Å². The number of Topliss-reactive ketones (excluding diaryl/α,β-unsaturated/α-hetero) is 1. The summed E-state index contributed by atoms with van der Waals surface area (Å²) in [4.78, 5) is 22.7. The Kier molecular flexibility index (Phi) is 5.30. The third-order valence-electron chi connectivity index (χ3n) is 2.92. The van der Waals surface area contributed by atoms with Gasteiger partial charge in [0, 0.05) is 0 Å². The zero-order chi connectivity index (χ0) is 17.7. The molecule has 0 bridgehead atoms. The predicted octanol–water partition coefficient (Wildman–Crippen LogP) is 2.37. The second-order valence-corrected chi connectivity index (χ2v) is 6.57. The molecular weight excluding hydrogens is 337 g/mol. The second-order valence-electron chi connectivity index (χ2n) is 4.88. The summed E-state index contributed by atoms with van der Waals surface area (Å²) in [5, 5.41) is 0. The SMILES string of the molecule is CC(=O)COC(=O)c1ccccc1NS(=O)(=O)c1ccc(F)cc1. The molecular formula is C16H14FNO5S. The molecule has 0 aliphatic carbocycles. The van der Waals surface area contributed by atoms with Crippen molar-refractivity contribution in [2.45, 2.75) is 11.8 Å². The van der Waals surface area contributed by atoms with E-state index < -0.39 is 28.4 Å². The van der Waals surface area contributed by atoms with Crippen LogP contribution in [0.25, 0.3) is 0 Å². The summed E-state index contributed by atoms with van der Waals surface area (Å²) in [6.07, 6.45) is 0. The minimum atomic E-state index is -4.01. The van der Waals surface area contributed by atoms with Crippen LogP contribution in [0.2, 0.25) is 0 Å². The second kappa shape index (κ2) is 7.22. The van der Waals surface area contributed by atoms with E-state index in [-0.39, 0.29) is 21.9 Å². The van der Waals surface area contributed by atoms with Crippen molar-refractivity contribution in [3.05, 3.63) is 59.9 Å². The monoisotopic (exact) mass is 351 g/mol. The summed E-state index contributed by atoms with van der Waals surface area (Å²) in [6.45, 7) is 0.855. The number of hydrogen-bond acceptors (Lipinski definition) is 5. The van der Waals surface area contributed by atoms with E-state index >= 15 is 0 Å². The molecule has 0 fully saturated rings. The molecule has 24 heavy (non-hydrogen) atoms. The highest BCUT2D eigenvalue weighted by atomic mass is 32.2. The smallest absolute Gasteiger partial charge is 0.340 e. The van der Waals surface area contributed by atoms with Crippen molar-refractivity contribution in [3.8, 4) is 0 Å². The fourth-order valence-electron chi connectivity index (χ4n) is 1.81. The maximum atomic E-state index is 12.9. The summed E-state index contributed by atoms with van der Waals surface area (Å²) in [5.41, 5.74) is -0.0418. The zero-order valence-corrected chi connectivity index (χ0v) is 13.5. The van der Waals surface area contributed by atoms with Crippen molar-refractivity contribution in [1.82, 2.24) is 0 Å². The van der Waals surface area contributed by atoms with Gasteiger partial charge in [0.1, 0.15) is 12.4 Å². The van der Waals surface area contributed by atoms with Gasteiger partial charge in [-0.05, 0) is 43.3 Å². The van der Waals surface area contributed by atoms with Gasteiger partial charge in [-0.3, -0.25) is 9.52 Å². The first-order valence-electron chi connectivity index (χ1n) is 6.83. The van der Waals surface area contributed by atoms with Gasteiger partial charge in [-0.1, -0.05) is 12.1 Å². The Bertz CT molecular complexity index is 862. The van der Waals surface area contributed by atoms with Gasteiger partial charge in [0.25, 0.3) is 10.0 Å². The third kappa shape index (κ3) is 4.39. The Morgan fingerprint density at radius 2 is 1.71 bits per heavy atom. The van der Waals surface area contributed by atoms with E-state index in [1.807, 2.05) is 0 Å². The van der Waals surface area contributed by atoms with Crippen molar-refractivity contribution >= 4 is 27.5 Å².